The molecule has 0 spiro atoms. The number of alkyl halides is 2. The minimum atomic E-state index is -2.97. The minimum absolute atomic E-state index is 0. The number of halogens is 3. The SMILES string of the molecule is CCNC(=NCc1cccc(OCC)c1OC(F)F)NCC(=O)NC1CC1.I. The van der Waals surface area contributed by atoms with Gasteiger partial charge in [0.15, 0.2) is 17.5 Å². The molecule has 0 radical (unpaired) electrons. The van der Waals surface area contributed by atoms with Crippen LogP contribution in [0, 0.1) is 0 Å². The van der Waals surface area contributed by atoms with Crippen molar-refractivity contribution in [2.24, 2.45) is 4.99 Å². The number of para-hydroxylation sites is 1. The third kappa shape index (κ3) is 8.44. The van der Waals surface area contributed by atoms with Crippen molar-refractivity contribution in [1.29, 1.82) is 0 Å². The zero-order chi connectivity index (χ0) is 19.6. The number of carbonyl (C=O) groups is 1. The minimum Gasteiger partial charge on any atom is -0.490 e. The van der Waals surface area contributed by atoms with Gasteiger partial charge in [-0.05, 0) is 32.8 Å². The number of amides is 1. The third-order valence-corrected chi connectivity index (χ3v) is 3.68. The lowest BCUT2D eigenvalue weighted by atomic mass is 10.2. The zero-order valence-corrected chi connectivity index (χ0v) is 18.3. The van der Waals surface area contributed by atoms with Crippen LogP contribution in [0.4, 0.5) is 8.78 Å². The monoisotopic (exact) mass is 512 g/mol. The van der Waals surface area contributed by atoms with Crippen molar-refractivity contribution in [3.63, 3.8) is 0 Å². The quantitative estimate of drug-likeness (QED) is 0.255. The number of hydrogen-bond acceptors (Lipinski definition) is 4. The van der Waals surface area contributed by atoms with Crippen LogP contribution in [0.2, 0.25) is 0 Å². The summed E-state index contributed by atoms with van der Waals surface area (Å²) in [5.41, 5.74) is 0.459. The molecule has 0 saturated heterocycles. The number of rotatable bonds is 10. The van der Waals surface area contributed by atoms with Crippen LogP contribution in [0.25, 0.3) is 0 Å². The molecule has 1 aliphatic carbocycles. The lowest BCUT2D eigenvalue weighted by molar-refractivity contribution is -0.120. The molecule has 1 aromatic rings. The highest BCUT2D eigenvalue weighted by atomic mass is 127. The van der Waals surface area contributed by atoms with Crippen LogP contribution in [0.15, 0.2) is 23.2 Å². The van der Waals surface area contributed by atoms with E-state index in [2.05, 4.69) is 25.7 Å². The van der Waals surface area contributed by atoms with Gasteiger partial charge in [-0.2, -0.15) is 8.78 Å². The standard InChI is InChI=1S/C18H26F2N4O3.HI/c1-3-21-18(23-11-15(25)24-13-8-9-13)22-10-12-6-5-7-14(26-4-2)16(12)27-17(19)20;/h5-7,13,17H,3-4,8-11H2,1-2H3,(H,24,25)(H2,21,22,23);1H. The van der Waals surface area contributed by atoms with Crippen molar-refractivity contribution in [2.75, 3.05) is 19.7 Å². The number of ether oxygens (including phenoxy) is 2. The second-order valence-corrected chi connectivity index (χ2v) is 5.95. The highest BCUT2D eigenvalue weighted by Gasteiger charge is 2.23. The van der Waals surface area contributed by atoms with Crippen molar-refractivity contribution in [2.45, 2.75) is 45.9 Å². The second kappa shape index (κ2) is 12.6. The molecule has 7 nitrogen and oxygen atoms in total. The Morgan fingerprint density at radius 3 is 2.64 bits per heavy atom. The fourth-order valence-electron chi connectivity index (χ4n) is 2.35. The summed E-state index contributed by atoms with van der Waals surface area (Å²) in [5, 5.41) is 8.82. The number of carbonyl (C=O) groups excluding carboxylic acids is 1. The zero-order valence-electron chi connectivity index (χ0n) is 16.0. The van der Waals surface area contributed by atoms with Crippen LogP contribution >= 0.6 is 24.0 Å². The predicted octanol–water partition coefficient (Wildman–Crippen LogP) is 2.64. The van der Waals surface area contributed by atoms with E-state index in [-0.39, 0.29) is 60.5 Å². The fourth-order valence-corrected chi connectivity index (χ4v) is 2.35. The van der Waals surface area contributed by atoms with Gasteiger partial charge in [0.05, 0.1) is 19.7 Å². The van der Waals surface area contributed by atoms with Gasteiger partial charge in [-0.25, -0.2) is 4.99 Å². The summed E-state index contributed by atoms with van der Waals surface area (Å²) in [6.07, 6.45) is 2.03. The molecule has 28 heavy (non-hydrogen) atoms. The van der Waals surface area contributed by atoms with E-state index in [9.17, 15) is 13.6 Å². The van der Waals surface area contributed by atoms with Gasteiger partial charge in [-0.1, -0.05) is 12.1 Å². The maximum absolute atomic E-state index is 12.8. The van der Waals surface area contributed by atoms with Gasteiger partial charge in [0, 0.05) is 18.2 Å². The molecule has 158 valence electrons. The number of guanidine groups is 1. The molecule has 1 aromatic carbocycles. The lowest BCUT2D eigenvalue weighted by Gasteiger charge is -2.15. The molecule has 1 saturated carbocycles. The molecule has 0 aromatic heterocycles. The normalized spacial score (nSPS) is 13.5. The maximum atomic E-state index is 12.8. The first-order valence-electron chi connectivity index (χ1n) is 9.04. The molecular weight excluding hydrogens is 485 g/mol. The van der Waals surface area contributed by atoms with Crippen LogP contribution in [-0.4, -0.2) is 44.2 Å². The molecular formula is C18H27F2IN4O3. The molecule has 1 aliphatic rings. The first-order chi connectivity index (χ1) is 13.0. The number of hydrogen-bond donors (Lipinski definition) is 3. The molecule has 1 fully saturated rings. The van der Waals surface area contributed by atoms with E-state index in [0.717, 1.165) is 12.8 Å². The Morgan fingerprint density at radius 2 is 2.04 bits per heavy atom. The largest absolute Gasteiger partial charge is 0.490 e. The van der Waals surface area contributed by atoms with Crippen molar-refractivity contribution in [3.8, 4) is 11.5 Å². The Hall–Kier alpha value is -1.85. The van der Waals surface area contributed by atoms with Gasteiger partial charge < -0.3 is 25.4 Å². The van der Waals surface area contributed by atoms with Gasteiger partial charge in [-0.15, -0.1) is 24.0 Å². The lowest BCUT2D eigenvalue weighted by Crippen LogP contribution is -2.43. The molecule has 0 aliphatic heterocycles. The Bertz CT molecular complexity index is 658. The molecule has 0 atom stereocenters. The summed E-state index contributed by atoms with van der Waals surface area (Å²) in [6, 6.07) is 5.19. The first kappa shape index (κ1) is 24.2. The summed E-state index contributed by atoms with van der Waals surface area (Å²) in [7, 11) is 0. The number of nitrogens with one attached hydrogen (secondary N) is 3. The Balaban J connectivity index is 0.00000392. The molecule has 0 unspecified atom stereocenters. The van der Waals surface area contributed by atoms with Gasteiger partial charge in [-0.3, -0.25) is 4.79 Å². The van der Waals surface area contributed by atoms with E-state index < -0.39 is 6.61 Å². The van der Waals surface area contributed by atoms with E-state index in [1.165, 1.54) is 0 Å². The van der Waals surface area contributed by atoms with Crippen LogP contribution in [0.1, 0.15) is 32.3 Å². The van der Waals surface area contributed by atoms with Crippen LogP contribution in [0.3, 0.4) is 0 Å². The second-order valence-electron chi connectivity index (χ2n) is 5.95. The third-order valence-electron chi connectivity index (χ3n) is 3.68. The molecule has 0 bridgehead atoms. The van der Waals surface area contributed by atoms with E-state index in [1.807, 2.05) is 6.92 Å². The van der Waals surface area contributed by atoms with Gasteiger partial charge in [0.1, 0.15) is 0 Å². The fraction of sp³-hybridized carbons (Fsp3) is 0.556. The van der Waals surface area contributed by atoms with E-state index in [4.69, 9.17) is 4.74 Å². The molecule has 2 rings (SSSR count). The summed E-state index contributed by atoms with van der Waals surface area (Å²) in [5.74, 6) is 0.518. The molecule has 0 heterocycles. The number of nitrogens with zero attached hydrogens (tertiary/aromatic N) is 1. The summed E-state index contributed by atoms with van der Waals surface area (Å²) >= 11 is 0. The van der Waals surface area contributed by atoms with E-state index in [1.54, 1.807) is 25.1 Å². The summed E-state index contributed by atoms with van der Waals surface area (Å²) < 4.78 is 35.6. The number of benzene rings is 1. The first-order valence-corrected chi connectivity index (χ1v) is 9.04. The average molecular weight is 512 g/mol. The molecule has 1 amide bonds. The van der Waals surface area contributed by atoms with Gasteiger partial charge in [0.2, 0.25) is 5.91 Å². The van der Waals surface area contributed by atoms with Crippen LogP contribution < -0.4 is 25.4 Å². The smallest absolute Gasteiger partial charge is 0.387 e. The van der Waals surface area contributed by atoms with Gasteiger partial charge >= 0.3 is 6.61 Å². The van der Waals surface area contributed by atoms with Crippen molar-refractivity contribution in [1.82, 2.24) is 16.0 Å². The van der Waals surface area contributed by atoms with E-state index >= 15 is 0 Å². The van der Waals surface area contributed by atoms with Crippen LogP contribution in [0.5, 0.6) is 11.5 Å². The molecule has 3 N–H and O–H groups in total. The summed E-state index contributed by atoms with van der Waals surface area (Å²) in [4.78, 5) is 16.1. The van der Waals surface area contributed by atoms with Crippen LogP contribution in [-0.2, 0) is 11.3 Å². The summed E-state index contributed by atoms with van der Waals surface area (Å²) in [6.45, 7) is 1.78. The highest BCUT2D eigenvalue weighted by Crippen LogP contribution is 2.33. The average Bonchev–Trinajstić information content (AvgIpc) is 3.43. The Kier molecular flexibility index (Phi) is 10.9. The Morgan fingerprint density at radius 1 is 1.29 bits per heavy atom. The Labute approximate surface area is 180 Å². The highest BCUT2D eigenvalue weighted by molar-refractivity contribution is 14.0. The molecule has 10 heteroatoms. The predicted molar refractivity (Wildman–Crippen MR) is 114 cm³/mol. The van der Waals surface area contributed by atoms with E-state index in [0.29, 0.717) is 24.7 Å². The number of aliphatic imine (C=N–C) groups is 1. The van der Waals surface area contributed by atoms with Crippen molar-refractivity contribution >= 4 is 35.8 Å². The van der Waals surface area contributed by atoms with Gasteiger partial charge in [0.25, 0.3) is 0 Å². The maximum Gasteiger partial charge on any atom is 0.387 e. The topological polar surface area (TPSA) is 84.0 Å². The van der Waals surface area contributed by atoms with Crippen molar-refractivity contribution < 1.29 is 23.0 Å². The van der Waals surface area contributed by atoms with Crippen molar-refractivity contribution in [3.05, 3.63) is 23.8 Å².